The zero-order valence-corrected chi connectivity index (χ0v) is 21.9. The highest BCUT2D eigenvalue weighted by molar-refractivity contribution is 5.89. The van der Waals surface area contributed by atoms with Gasteiger partial charge in [0.05, 0.1) is 24.0 Å². The molecule has 1 aromatic heterocycles. The molecule has 3 aromatic rings. The van der Waals surface area contributed by atoms with E-state index in [1.54, 1.807) is 0 Å². The number of hydrogen-bond donors (Lipinski definition) is 9. The fourth-order valence-corrected chi connectivity index (χ4v) is 4.67. The molecule has 1 aliphatic rings. The number of esters is 1. The van der Waals surface area contributed by atoms with Crippen LogP contribution in [0, 0.1) is 0 Å². The van der Waals surface area contributed by atoms with Crippen LogP contribution in [-0.2, 0) is 19.1 Å². The minimum Gasteiger partial charge on any atom is -0.507 e. The van der Waals surface area contributed by atoms with Gasteiger partial charge in [0.15, 0.2) is 22.5 Å². The highest BCUT2D eigenvalue weighted by atomic mass is 16.6. The zero-order valence-electron chi connectivity index (χ0n) is 21.9. The number of hydrogen-bond acceptors (Lipinski definition) is 14. The van der Waals surface area contributed by atoms with Crippen molar-refractivity contribution in [1.82, 2.24) is 0 Å². The number of ether oxygens (including phenoxy) is 2. The molecule has 4 rings (SSSR count). The number of phenolic OH excluding ortho intramolecular Hbond substituents is 4. The van der Waals surface area contributed by atoms with Crippen LogP contribution < -0.4 is 5.43 Å². The summed E-state index contributed by atoms with van der Waals surface area (Å²) in [7, 11) is 0. The maximum absolute atomic E-state index is 13.0. The normalized spacial score (nSPS) is 23.8. The van der Waals surface area contributed by atoms with Crippen molar-refractivity contribution in [2.75, 3.05) is 6.61 Å². The molecular formula is C27H28O15. The minimum absolute atomic E-state index is 0.0993. The first-order chi connectivity index (χ1) is 19.6. The van der Waals surface area contributed by atoms with Crippen molar-refractivity contribution in [3.63, 3.8) is 0 Å². The van der Waals surface area contributed by atoms with Gasteiger partial charge in [-0.2, -0.15) is 0 Å². The van der Waals surface area contributed by atoms with Crippen LogP contribution in [0.1, 0.15) is 31.4 Å². The summed E-state index contributed by atoms with van der Waals surface area (Å²) in [5.41, 5.74) is -3.59. The summed E-state index contributed by atoms with van der Waals surface area (Å²) < 4.78 is 16.5. The first-order valence-electron chi connectivity index (χ1n) is 12.4. The molecule has 1 fully saturated rings. The van der Waals surface area contributed by atoms with E-state index in [-0.39, 0.29) is 11.3 Å². The van der Waals surface area contributed by atoms with Crippen LogP contribution in [0.25, 0.3) is 22.3 Å². The number of aliphatic carboxylic acids is 1. The molecule has 2 aromatic carbocycles. The fourth-order valence-electron chi connectivity index (χ4n) is 4.67. The maximum Gasteiger partial charge on any atom is 0.308 e. The van der Waals surface area contributed by atoms with Gasteiger partial charge in [-0.1, -0.05) is 0 Å². The van der Waals surface area contributed by atoms with Crippen molar-refractivity contribution in [1.29, 1.82) is 0 Å². The lowest BCUT2D eigenvalue weighted by atomic mass is 9.89. The van der Waals surface area contributed by atoms with Gasteiger partial charge in [0.2, 0.25) is 0 Å². The monoisotopic (exact) mass is 592 g/mol. The molecule has 0 bridgehead atoms. The van der Waals surface area contributed by atoms with E-state index in [1.807, 2.05) is 0 Å². The third-order valence-electron chi connectivity index (χ3n) is 6.72. The molecule has 0 saturated carbocycles. The predicted molar refractivity (Wildman–Crippen MR) is 139 cm³/mol. The van der Waals surface area contributed by atoms with E-state index in [9.17, 15) is 55.2 Å². The summed E-state index contributed by atoms with van der Waals surface area (Å²) in [4.78, 5) is 36.1. The van der Waals surface area contributed by atoms with E-state index in [1.165, 1.54) is 6.07 Å². The lowest BCUT2D eigenvalue weighted by Crippen LogP contribution is -2.55. The Morgan fingerprint density at radius 2 is 1.60 bits per heavy atom. The molecule has 0 aliphatic carbocycles. The number of aliphatic hydroxyl groups is 4. The molecule has 1 saturated heterocycles. The van der Waals surface area contributed by atoms with Crippen molar-refractivity contribution >= 4 is 22.9 Å². The second kappa shape index (κ2) is 11.5. The molecule has 1 aliphatic heterocycles. The van der Waals surface area contributed by atoms with Crippen molar-refractivity contribution in [3.05, 3.63) is 46.1 Å². The van der Waals surface area contributed by atoms with E-state index in [0.717, 1.165) is 31.2 Å². The number of phenols is 4. The molecule has 9 N–H and O–H groups in total. The van der Waals surface area contributed by atoms with Gasteiger partial charge in [-0.3, -0.25) is 14.4 Å². The molecule has 0 radical (unpaired) electrons. The second-order valence-electron chi connectivity index (χ2n) is 10.2. The largest absolute Gasteiger partial charge is 0.507 e. The van der Waals surface area contributed by atoms with Gasteiger partial charge in [-0.05, 0) is 25.1 Å². The van der Waals surface area contributed by atoms with Crippen molar-refractivity contribution in [2.24, 2.45) is 0 Å². The summed E-state index contributed by atoms with van der Waals surface area (Å²) in [5.74, 6) is -5.08. The van der Waals surface area contributed by atoms with E-state index < -0.39 is 112 Å². The average molecular weight is 593 g/mol. The highest BCUT2D eigenvalue weighted by Gasteiger charge is 2.47. The number of carbonyl (C=O) groups excluding carboxylic acids is 1. The Balaban J connectivity index is 1.71. The summed E-state index contributed by atoms with van der Waals surface area (Å²) in [6.45, 7) is 0.354. The van der Waals surface area contributed by atoms with Crippen LogP contribution in [0.4, 0.5) is 0 Å². The first kappa shape index (κ1) is 30.5. The van der Waals surface area contributed by atoms with Crippen molar-refractivity contribution in [2.45, 2.75) is 55.9 Å². The van der Waals surface area contributed by atoms with E-state index >= 15 is 0 Å². The van der Waals surface area contributed by atoms with Gasteiger partial charge in [0.25, 0.3) is 0 Å². The third-order valence-corrected chi connectivity index (χ3v) is 6.72. The van der Waals surface area contributed by atoms with Crippen LogP contribution in [0.5, 0.6) is 23.0 Å². The SMILES string of the molecule is C[C@@](O)(CC(=O)O)CC(=O)OC[C@H]1O[C@H](c2c(O)cc(O)c3c(=O)cc(-c4ccc(O)c(O)c4)oc23)[C@H](O)[C@@H](O)[C@@H]1O. The van der Waals surface area contributed by atoms with Gasteiger partial charge in [-0.15, -0.1) is 0 Å². The Morgan fingerprint density at radius 1 is 0.905 bits per heavy atom. The molecular weight excluding hydrogens is 564 g/mol. The summed E-state index contributed by atoms with van der Waals surface area (Å²) in [6.07, 6.45) is -10.5. The molecule has 226 valence electrons. The predicted octanol–water partition coefficient (Wildman–Crippen LogP) is -0.0360. The standard InChI is InChI=1S/C27H28O15/c1-27(39,7-18(33)34)8-19(35)40-9-17-22(36)23(37)24(38)26(42-17)21-14(31)5-13(30)20-15(32)6-16(41-25(20)21)10-2-3-11(28)12(29)4-10/h2-6,17,22-24,26,28-31,36-39H,7-9H2,1H3,(H,33,34)/t17-,22-,23+,24-,26-,27-/m1/s1. The summed E-state index contributed by atoms with van der Waals surface area (Å²) in [5, 5.41) is 90.9. The number of benzene rings is 2. The van der Waals surface area contributed by atoms with E-state index in [0.29, 0.717) is 0 Å². The number of rotatable bonds is 8. The number of aliphatic hydroxyl groups excluding tert-OH is 3. The first-order valence-corrected chi connectivity index (χ1v) is 12.4. The topological polar surface area (TPSA) is 265 Å². The minimum atomic E-state index is -1.95. The van der Waals surface area contributed by atoms with Gasteiger partial charge >= 0.3 is 11.9 Å². The molecule has 6 atom stereocenters. The van der Waals surface area contributed by atoms with Gasteiger partial charge in [-0.25, -0.2) is 0 Å². The van der Waals surface area contributed by atoms with Crippen molar-refractivity contribution in [3.8, 4) is 34.3 Å². The quantitative estimate of drug-likeness (QED) is 0.123. The molecule has 0 spiro atoms. The average Bonchev–Trinajstić information content (AvgIpc) is 2.87. The summed E-state index contributed by atoms with van der Waals surface area (Å²) in [6, 6.07) is 5.23. The van der Waals surface area contributed by atoms with E-state index in [4.69, 9.17) is 19.0 Å². The molecule has 42 heavy (non-hydrogen) atoms. The smallest absolute Gasteiger partial charge is 0.308 e. The van der Waals surface area contributed by atoms with Crippen molar-refractivity contribution < 1.29 is 69.4 Å². The molecule has 15 nitrogen and oxygen atoms in total. The second-order valence-corrected chi connectivity index (χ2v) is 10.2. The molecule has 0 unspecified atom stereocenters. The highest BCUT2D eigenvalue weighted by Crippen LogP contribution is 2.44. The zero-order chi connectivity index (χ0) is 31.1. The Bertz CT molecular complexity index is 1580. The fraction of sp³-hybridized carbons (Fsp3) is 0.370. The Labute approximate surface area is 235 Å². The molecule has 0 amide bonds. The third kappa shape index (κ3) is 6.09. The lowest BCUT2D eigenvalue weighted by molar-refractivity contribution is -0.235. The van der Waals surface area contributed by atoms with Crippen LogP contribution >= 0.6 is 0 Å². The van der Waals surface area contributed by atoms with E-state index in [2.05, 4.69) is 0 Å². The van der Waals surface area contributed by atoms with Crippen LogP contribution in [0.3, 0.4) is 0 Å². The molecule has 2 heterocycles. The number of carboxylic acid groups (broad SMARTS) is 1. The van der Waals surface area contributed by atoms with Gasteiger partial charge < -0.3 is 59.8 Å². The number of carbonyl (C=O) groups is 2. The Morgan fingerprint density at radius 3 is 2.24 bits per heavy atom. The summed E-state index contributed by atoms with van der Waals surface area (Å²) >= 11 is 0. The maximum atomic E-state index is 13.0. The molecule has 15 heteroatoms. The van der Waals surface area contributed by atoms with Gasteiger partial charge in [0.1, 0.15) is 59.8 Å². The lowest BCUT2D eigenvalue weighted by Gasteiger charge is -2.40. The Kier molecular flexibility index (Phi) is 8.34. The Hall–Kier alpha value is -4.41. The number of fused-ring (bicyclic) bond motifs is 1. The van der Waals surface area contributed by atoms with Crippen LogP contribution in [0.2, 0.25) is 0 Å². The number of carboxylic acids is 1. The number of aromatic hydroxyl groups is 4. The van der Waals surface area contributed by atoms with Gasteiger partial charge in [0, 0.05) is 17.7 Å². The van der Waals surface area contributed by atoms with Crippen LogP contribution in [0.15, 0.2) is 39.5 Å². The van der Waals surface area contributed by atoms with Crippen LogP contribution in [-0.4, -0.2) is 94.5 Å².